The van der Waals surface area contributed by atoms with E-state index in [1.807, 2.05) is 12.2 Å². The number of carbonyl (C=O) groups is 1. The van der Waals surface area contributed by atoms with Crippen LogP contribution in [0.2, 0.25) is 0 Å². The monoisotopic (exact) mass is 206 g/mol. The van der Waals surface area contributed by atoms with Gasteiger partial charge >= 0.3 is 6.43 Å². The maximum Gasteiger partial charge on any atom is 0.306 e. The highest BCUT2D eigenvalue weighted by atomic mass is 32.2. The summed E-state index contributed by atoms with van der Waals surface area (Å²) in [6.45, 7) is 0. The Kier molecular flexibility index (Phi) is 4.42. The smallest absolute Gasteiger partial charge is 0.281 e. The van der Waals surface area contributed by atoms with Gasteiger partial charge in [0.15, 0.2) is 0 Å². The molecule has 1 nitrogen and oxygen atoms in total. The zero-order valence-corrected chi connectivity index (χ0v) is 8.03. The second-order valence-electron chi connectivity index (χ2n) is 2.99. The minimum Gasteiger partial charge on any atom is -0.281 e. The van der Waals surface area contributed by atoms with E-state index in [4.69, 9.17) is 0 Å². The molecule has 13 heavy (non-hydrogen) atoms. The Morgan fingerprint density at radius 2 is 1.85 bits per heavy atom. The molecule has 0 bridgehead atoms. The molecule has 74 valence electrons. The van der Waals surface area contributed by atoms with E-state index < -0.39 is 11.5 Å². The number of alkyl halides is 2. The van der Waals surface area contributed by atoms with Gasteiger partial charge in [-0.3, -0.25) is 4.79 Å². The average Bonchev–Trinajstić information content (AvgIpc) is 2.32. The molecule has 0 saturated carbocycles. The molecule has 1 aliphatic rings. The summed E-state index contributed by atoms with van der Waals surface area (Å²) in [5, 5.41) is -0.900. The van der Waals surface area contributed by atoms with Crippen LogP contribution < -0.4 is 0 Å². The summed E-state index contributed by atoms with van der Waals surface area (Å²) >= 11 is 0.813. The van der Waals surface area contributed by atoms with Gasteiger partial charge in [-0.2, -0.15) is 0 Å². The fraction of sp³-hybridized carbons (Fsp3) is 0.667. The van der Waals surface area contributed by atoms with Crippen molar-refractivity contribution in [1.29, 1.82) is 0 Å². The van der Waals surface area contributed by atoms with Crippen LogP contribution in [0.1, 0.15) is 25.7 Å². The summed E-state index contributed by atoms with van der Waals surface area (Å²) in [5.41, 5.74) is 0. The zero-order valence-electron chi connectivity index (χ0n) is 7.21. The molecular formula is C9H12F2OS. The Balaban J connectivity index is 2.32. The molecule has 0 aliphatic heterocycles. The molecule has 0 aromatic carbocycles. The van der Waals surface area contributed by atoms with Crippen molar-refractivity contribution in [3.63, 3.8) is 0 Å². The lowest BCUT2D eigenvalue weighted by Crippen LogP contribution is -2.11. The Morgan fingerprint density at radius 3 is 2.31 bits per heavy atom. The summed E-state index contributed by atoms with van der Waals surface area (Å²) in [4.78, 5) is 10.7. The number of allylic oxidation sites excluding steroid dienone is 2. The Morgan fingerprint density at radius 1 is 1.31 bits per heavy atom. The van der Waals surface area contributed by atoms with Crippen LogP contribution in [0.15, 0.2) is 12.2 Å². The van der Waals surface area contributed by atoms with Crippen LogP contribution in [0.4, 0.5) is 8.78 Å². The normalized spacial score (nSPS) is 19.0. The first kappa shape index (κ1) is 10.7. The molecule has 1 aliphatic carbocycles. The molecule has 1 rings (SSSR count). The summed E-state index contributed by atoms with van der Waals surface area (Å²) in [6, 6.07) is 0. The molecule has 0 unspecified atom stereocenters. The molecule has 0 radical (unpaired) electrons. The van der Waals surface area contributed by atoms with Gasteiger partial charge in [-0.1, -0.05) is 23.9 Å². The fourth-order valence-electron chi connectivity index (χ4n) is 1.28. The highest BCUT2D eigenvalue weighted by molar-refractivity contribution is 8.14. The van der Waals surface area contributed by atoms with Gasteiger partial charge in [-0.25, -0.2) is 8.78 Å². The standard InChI is InChI=1S/C9H12F2OS/c10-8(11)9(12)13-7-5-3-1-2-4-6-7/h1-2,7-8H,3-6H2. The van der Waals surface area contributed by atoms with Crippen molar-refractivity contribution in [2.75, 3.05) is 0 Å². The van der Waals surface area contributed by atoms with Crippen molar-refractivity contribution in [3.8, 4) is 0 Å². The number of carbonyl (C=O) groups excluding carboxylic acids is 1. The van der Waals surface area contributed by atoms with Gasteiger partial charge in [-0.05, 0) is 25.7 Å². The van der Waals surface area contributed by atoms with E-state index in [1.54, 1.807) is 0 Å². The minimum absolute atomic E-state index is 0.0801. The van der Waals surface area contributed by atoms with E-state index in [1.165, 1.54) is 0 Å². The number of hydrogen-bond donors (Lipinski definition) is 0. The predicted molar refractivity (Wildman–Crippen MR) is 50.0 cm³/mol. The molecule has 4 heteroatoms. The average molecular weight is 206 g/mol. The highest BCUT2D eigenvalue weighted by Crippen LogP contribution is 2.26. The first-order valence-corrected chi connectivity index (χ1v) is 5.22. The number of rotatable bonds is 2. The number of halogens is 2. The van der Waals surface area contributed by atoms with E-state index in [2.05, 4.69) is 0 Å². The van der Waals surface area contributed by atoms with E-state index in [0.717, 1.165) is 37.4 Å². The maximum atomic E-state index is 11.9. The van der Waals surface area contributed by atoms with Gasteiger partial charge in [-0.15, -0.1) is 0 Å². The molecule has 0 atom stereocenters. The van der Waals surface area contributed by atoms with Crippen molar-refractivity contribution in [2.24, 2.45) is 0 Å². The second-order valence-corrected chi connectivity index (χ2v) is 4.29. The summed E-state index contributed by atoms with van der Waals surface area (Å²) in [5.74, 6) is 0. The lowest BCUT2D eigenvalue weighted by molar-refractivity contribution is -0.120. The van der Waals surface area contributed by atoms with Crippen LogP contribution in [-0.4, -0.2) is 16.8 Å². The third-order valence-electron chi connectivity index (χ3n) is 1.94. The van der Waals surface area contributed by atoms with E-state index in [9.17, 15) is 13.6 Å². The first-order chi connectivity index (χ1) is 6.20. The van der Waals surface area contributed by atoms with Gasteiger partial charge in [0, 0.05) is 5.25 Å². The summed E-state index contributed by atoms with van der Waals surface area (Å²) in [7, 11) is 0. The van der Waals surface area contributed by atoms with Crippen molar-refractivity contribution in [2.45, 2.75) is 37.4 Å². The van der Waals surface area contributed by atoms with Crippen LogP contribution >= 0.6 is 11.8 Å². The second kappa shape index (κ2) is 5.37. The summed E-state index contributed by atoms with van der Waals surface area (Å²) < 4.78 is 23.8. The van der Waals surface area contributed by atoms with Crippen LogP contribution in [0.5, 0.6) is 0 Å². The number of thioether (sulfide) groups is 1. The molecule has 0 N–H and O–H groups in total. The van der Waals surface area contributed by atoms with Crippen molar-refractivity contribution < 1.29 is 13.6 Å². The van der Waals surface area contributed by atoms with E-state index in [0.29, 0.717) is 0 Å². The van der Waals surface area contributed by atoms with Gasteiger partial charge in [0.05, 0.1) is 0 Å². The van der Waals surface area contributed by atoms with E-state index >= 15 is 0 Å². The molecular weight excluding hydrogens is 194 g/mol. The molecule has 0 saturated heterocycles. The SMILES string of the molecule is O=C(SC1CCC=CCC1)C(F)F. The molecule has 0 heterocycles. The van der Waals surface area contributed by atoms with Gasteiger partial charge in [0.1, 0.15) is 0 Å². The summed E-state index contributed by atoms with van der Waals surface area (Å²) in [6.07, 6.45) is 4.74. The Bertz CT molecular complexity index is 194. The Labute approximate surface area is 80.6 Å². The molecule has 0 fully saturated rings. The Hall–Kier alpha value is -0.380. The van der Waals surface area contributed by atoms with Crippen LogP contribution in [0, 0.1) is 0 Å². The topological polar surface area (TPSA) is 17.1 Å². The fourth-order valence-corrected chi connectivity index (χ4v) is 2.22. The van der Waals surface area contributed by atoms with Crippen molar-refractivity contribution in [1.82, 2.24) is 0 Å². The molecule has 0 aromatic heterocycles. The lowest BCUT2D eigenvalue weighted by atomic mass is 10.2. The quantitative estimate of drug-likeness (QED) is 0.646. The largest absolute Gasteiger partial charge is 0.306 e. The maximum absolute atomic E-state index is 11.9. The van der Waals surface area contributed by atoms with Crippen molar-refractivity contribution >= 4 is 16.9 Å². The third kappa shape index (κ3) is 3.89. The highest BCUT2D eigenvalue weighted by Gasteiger charge is 2.21. The van der Waals surface area contributed by atoms with E-state index in [-0.39, 0.29) is 5.25 Å². The van der Waals surface area contributed by atoms with Gasteiger partial charge in [0.2, 0.25) is 0 Å². The number of hydrogen-bond acceptors (Lipinski definition) is 2. The van der Waals surface area contributed by atoms with Crippen LogP contribution in [-0.2, 0) is 4.79 Å². The molecule has 0 spiro atoms. The first-order valence-electron chi connectivity index (χ1n) is 4.34. The zero-order chi connectivity index (χ0) is 9.68. The lowest BCUT2D eigenvalue weighted by Gasteiger charge is -2.11. The van der Waals surface area contributed by atoms with Gasteiger partial charge < -0.3 is 0 Å². The van der Waals surface area contributed by atoms with Gasteiger partial charge in [0.25, 0.3) is 5.12 Å². The molecule has 0 aromatic rings. The molecule has 0 amide bonds. The minimum atomic E-state index is -2.82. The predicted octanol–water partition coefficient (Wildman–Crippen LogP) is 3.01. The van der Waals surface area contributed by atoms with Crippen LogP contribution in [0.25, 0.3) is 0 Å². The third-order valence-corrected chi connectivity index (χ3v) is 3.15. The van der Waals surface area contributed by atoms with Crippen LogP contribution in [0.3, 0.4) is 0 Å². The van der Waals surface area contributed by atoms with Crippen molar-refractivity contribution in [3.05, 3.63) is 12.2 Å².